The zero-order chi connectivity index (χ0) is 31.6. The fraction of sp³-hybridized carbons (Fsp3) is 0.176. The first kappa shape index (κ1) is 29.6. The van der Waals surface area contributed by atoms with Crippen molar-refractivity contribution in [1.82, 2.24) is 20.2 Å². The Bertz CT molecular complexity index is 1900. The Morgan fingerprint density at radius 2 is 1.82 bits per heavy atom. The van der Waals surface area contributed by atoms with Crippen molar-refractivity contribution in [3.63, 3.8) is 0 Å². The van der Waals surface area contributed by atoms with Gasteiger partial charge >= 0.3 is 0 Å². The molecule has 11 heteroatoms. The molecular weight excluding hydrogens is 583 g/mol. The number of carbonyl (C=O) groups is 2. The molecule has 2 aromatic carbocycles. The average Bonchev–Trinajstić information content (AvgIpc) is 3.46. The van der Waals surface area contributed by atoms with Crippen LogP contribution >= 0.6 is 0 Å². The third kappa shape index (κ3) is 6.72. The van der Waals surface area contributed by atoms with E-state index >= 15 is 4.39 Å². The van der Waals surface area contributed by atoms with Gasteiger partial charge in [-0.1, -0.05) is 12.1 Å². The number of furan rings is 1. The summed E-state index contributed by atoms with van der Waals surface area (Å²) >= 11 is 0. The van der Waals surface area contributed by atoms with Gasteiger partial charge in [0.25, 0.3) is 11.8 Å². The molecule has 1 fully saturated rings. The van der Waals surface area contributed by atoms with Crippen molar-refractivity contribution in [1.29, 1.82) is 0 Å². The SMILES string of the molecule is Nc1ccc(/C=C/C(=O)NCc2cc3cc(-c4ccc(C(=O)N5CCC(F)(F)CC5)cc4F)cc(-c4cccnc4)c3o2)cn1. The topological polar surface area (TPSA) is 114 Å². The Kier molecular flexibility index (Phi) is 8.08. The lowest BCUT2D eigenvalue weighted by Gasteiger charge is -2.31. The van der Waals surface area contributed by atoms with Gasteiger partial charge in [0.05, 0.1) is 6.54 Å². The molecule has 4 heterocycles. The van der Waals surface area contributed by atoms with Crippen molar-refractivity contribution in [2.75, 3.05) is 18.8 Å². The molecule has 0 atom stereocenters. The normalized spacial score (nSPS) is 14.6. The van der Waals surface area contributed by atoms with Crippen molar-refractivity contribution >= 4 is 34.7 Å². The number of benzene rings is 2. The number of aromatic nitrogens is 2. The summed E-state index contributed by atoms with van der Waals surface area (Å²) in [7, 11) is 0. The average molecular weight is 612 g/mol. The fourth-order valence-electron chi connectivity index (χ4n) is 5.21. The van der Waals surface area contributed by atoms with Crippen LogP contribution in [0.4, 0.5) is 19.0 Å². The van der Waals surface area contributed by atoms with Gasteiger partial charge in [0.1, 0.15) is 23.0 Å². The molecule has 0 spiro atoms. The third-order valence-corrected chi connectivity index (χ3v) is 7.62. The van der Waals surface area contributed by atoms with Crippen LogP contribution in [0.15, 0.2) is 89.7 Å². The first-order chi connectivity index (χ1) is 21.6. The van der Waals surface area contributed by atoms with Crippen molar-refractivity contribution in [3.8, 4) is 22.3 Å². The summed E-state index contributed by atoms with van der Waals surface area (Å²) in [6.45, 7) is -0.0623. The standard InChI is InChI=1S/C34H28F3N5O3/c35-29-17-22(33(44)42-12-9-34(36,37)10-13-42)5-6-27(29)24-14-25-15-26(45-32(25)28(16-24)23-2-1-11-39-19-23)20-41-31(43)8-4-21-3-7-30(38)40-18-21/h1-8,11,14-19H,9-10,12-13,20H2,(H2,38,40)(H,41,43)/b8-4+. The van der Waals surface area contributed by atoms with Gasteiger partial charge in [0.2, 0.25) is 5.91 Å². The van der Waals surface area contributed by atoms with Gasteiger partial charge in [-0.15, -0.1) is 0 Å². The van der Waals surface area contributed by atoms with Crippen LogP contribution in [0.3, 0.4) is 0 Å². The van der Waals surface area contributed by atoms with E-state index in [4.69, 9.17) is 10.2 Å². The third-order valence-electron chi connectivity index (χ3n) is 7.62. The van der Waals surface area contributed by atoms with Crippen LogP contribution in [-0.4, -0.2) is 45.7 Å². The van der Waals surface area contributed by atoms with Gasteiger partial charge in [0, 0.05) is 78.2 Å². The molecule has 0 aliphatic carbocycles. The lowest BCUT2D eigenvalue weighted by molar-refractivity contribution is -0.116. The van der Waals surface area contributed by atoms with Gasteiger partial charge in [-0.05, 0) is 65.7 Å². The van der Waals surface area contributed by atoms with Crippen molar-refractivity contribution in [2.24, 2.45) is 0 Å². The van der Waals surface area contributed by atoms with Crippen LogP contribution in [-0.2, 0) is 11.3 Å². The summed E-state index contributed by atoms with van der Waals surface area (Å²) in [4.78, 5) is 34.9. The molecule has 0 unspecified atom stereocenters. The number of hydrogen-bond donors (Lipinski definition) is 2. The van der Waals surface area contributed by atoms with Crippen LogP contribution in [0.1, 0.15) is 34.5 Å². The van der Waals surface area contributed by atoms with Crippen molar-refractivity contribution in [2.45, 2.75) is 25.3 Å². The number of alkyl halides is 2. The lowest BCUT2D eigenvalue weighted by atomic mass is 9.96. The number of pyridine rings is 2. The molecule has 3 N–H and O–H groups in total. The number of nitrogen functional groups attached to an aromatic ring is 1. The molecule has 1 aliphatic heterocycles. The number of amides is 2. The summed E-state index contributed by atoms with van der Waals surface area (Å²) in [6, 6.07) is 16.5. The van der Waals surface area contributed by atoms with Gasteiger partial charge in [-0.2, -0.15) is 0 Å². The van der Waals surface area contributed by atoms with Gasteiger partial charge in [-0.25, -0.2) is 18.2 Å². The number of piperidine rings is 1. The van der Waals surface area contributed by atoms with E-state index in [9.17, 15) is 18.4 Å². The fourth-order valence-corrected chi connectivity index (χ4v) is 5.21. The van der Waals surface area contributed by atoms with E-state index in [0.29, 0.717) is 33.7 Å². The van der Waals surface area contributed by atoms with Crippen molar-refractivity contribution < 1.29 is 27.2 Å². The van der Waals surface area contributed by atoms with E-state index in [2.05, 4.69) is 15.3 Å². The number of anilines is 1. The van der Waals surface area contributed by atoms with Gasteiger partial charge < -0.3 is 20.4 Å². The first-order valence-electron chi connectivity index (χ1n) is 14.3. The van der Waals surface area contributed by atoms with Crippen LogP contribution < -0.4 is 11.1 Å². The van der Waals surface area contributed by atoms with E-state index in [-0.39, 0.29) is 36.7 Å². The summed E-state index contributed by atoms with van der Waals surface area (Å²) in [5.74, 6) is -3.37. The van der Waals surface area contributed by atoms with Crippen LogP contribution in [0, 0.1) is 5.82 Å². The molecule has 0 bridgehead atoms. The molecule has 228 valence electrons. The second-order valence-corrected chi connectivity index (χ2v) is 10.8. The second-order valence-electron chi connectivity index (χ2n) is 10.8. The van der Waals surface area contributed by atoms with Crippen LogP contribution in [0.25, 0.3) is 39.3 Å². The molecule has 2 amide bonds. The van der Waals surface area contributed by atoms with Gasteiger partial charge in [0.15, 0.2) is 0 Å². The molecule has 3 aromatic heterocycles. The number of fused-ring (bicyclic) bond motifs is 1. The molecular formula is C34H28F3N5O3. The number of rotatable bonds is 7. The molecule has 6 rings (SSSR count). The number of nitrogens with two attached hydrogens (primary N) is 1. The monoisotopic (exact) mass is 611 g/mol. The predicted octanol–water partition coefficient (Wildman–Crippen LogP) is 6.48. The zero-order valence-electron chi connectivity index (χ0n) is 24.0. The Balaban J connectivity index is 1.26. The van der Waals surface area contributed by atoms with E-state index in [1.54, 1.807) is 61.1 Å². The van der Waals surface area contributed by atoms with E-state index < -0.39 is 30.5 Å². The molecule has 1 saturated heterocycles. The number of nitrogens with zero attached hydrogens (tertiary/aromatic N) is 3. The Morgan fingerprint density at radius 3 is 2.53 bits per heavy atom. The minimum absolute atomic E-state index is 0.0834. The van der Waals surface area contributed by atoms with Crippen molar-refractivity contribution in [3.05, 3.63) is 108 Å². The highest BCUT2D eigenvalue weighted by atomic mass is 19.3. The highest BCUT2D eigenvalue weighted by Crippen LogP contribution is 2.37. The Labute approximate surface area is 256 Å². The molecule has 0 radical (unpaired) electrons. The lowest BCUT2D eigenvalue weighted by Crippen LogP contribution is -2.42. The largest absolute Gasteiger partial charge is 0.459 e. The zero-order valence-corrected chi connectivity index (χ0v) is 24.0. The number of nitrogens with one attached hydrogen (secondary N) is 1. The molecule has 1 aliphatic rings. The predicted molar refractivity (Wildman–Crippen MR) is 164 cm³/mol. The van der Waals surface area contributed by atoms with Gasteiger partial charge in [-0.3, -0.25) is 14.6 Å². The number of carbonyl (C=O) groups excluding carboxylic acids is 2. The Morgan fingerprint density at radius 1 is 1.00 bits per heavy atom. The number of hydrogen-bond acceptors (Lipinski definition) is 6. The minimum atomic E-state index is -2.79. The maximum atomic E-state index is 15.6. The highest BCUT2D eigenvalue weighted by Gasteiger charge is 2.36. The van der Waals surface area contributed by atoms with Crippen LogP contribution in [0.5, 0.6) is 0 Å². The minimum Gasteiger partial charge on any atom is -0.459 e. The maximum Gasteiger partial charge on any atom is 0.253 e. The Hall–Kier alpha value is -5.45. The summed E-state index contributed by atoms with van der Waals surface area (Å²) in [5, 5.41) is 3.46. The van der Waals surface area contributed by atoms with Crippen LogP contribution in [0.2, 0.25) is 0 Å². The molecule has 45 heavy (non-hydrogen) atoms. The number of likely N-dealkylation sites (tertiary alicyclic amines) is 1. The highest BCUT2D eigenvalue weighted by molar-refractivity contribution is 5.98. The second kappa shape index (κ2) is 12.3. The molecule has 8 nitrogen and oxygen atoms in total. The number of halogens is 3. The summed E-state index contributed by atoms with van der Waals surface area (Å²) in [6.07, 6.45) is 7.04. The molecule has 5 aromatic rings. The quantitative estimate of drug-likeness (QED) is 0.204. The maximum absolute atomic E-state index is 15.6. The molecule has 0 saturated carbocycles. The summed E-state index contributed by atoms with van der Waals surface area (Å²) in [5.41, 5.74) is 9.13. The van der Waals surface area contributed by atoms with E-state index in [1.165, 1.54) is 23.1 Å². The first-order valence-corrected chi connectivity index (χ1v) is 14.3. The summed E-state index contributed by atoms with van der Waals surface area (Å²) < 4.78 is 48.8. The smallest absolute Gasteiger partial charge is 0.253 e. The van der Waals surface area contributed by atoms with E-state index in [1.807, 2.05) is 6.07 Å². The van der Waals surface area contributed by atoms with E-state index in [0.717, 1.165) is 17.2 Å².